The normalized spacial score (nSPS) is 12.6. The van der Waals surface area contributed by atoms with Gasteiger partial charge >= 0.3 is 0 Å². The maximum absolute atomic E-state index is 3.64. The van der Waals surface area contributed by atoms with E-state index >= 15 is 0 Å². The van der Waals surface area contributed by atoms with E-state index in [0.29, 0.717) is 0 Å². The first kappa shape index (κ1) is 15.7. The Balaban J connectivity index is 2.00. The van der Waals surface area contributed by atoms with Crippen molar-refractivity contribution in [1.29, 1.82) is 0 Å². The van der Waals surface area contributed by atoms with Crippen molar-refractivity contribution in [2.75, 3.05) is 0 Å². The molecule has 2 heterocycles. The topological polar surface area (TPSA) is 15.8 Å². The van der Waals surface area contributed by atoms with Crippen LogP contribution in [0.2, 0.25) is 0 Å². The average Bonchev–Trinajstić information content (AvgIpc) is 3.12. The Hall–Kier alpha value is -1.84. The second kappa shape index (κ2) is 6.23. The molecule has 0 aliphatic heterocycles. The first-order valence-corrected chi connectivity index (χ1v) is 9.63. The van der Waals surface area contributed by atoms with Gasteiger partial charge in [-0.25, -0.2) is 0 Å². The Morgan fingerprint density at radius 3 is 2.54 bits per heavy atom. The number of hydrogen-bond acceptors (Lipinski definition) is 1. The Morgan fingerprint density at radius 1 is 0.958 bits per heavy atom. The Kier molecular flexibility index (Phi) is 4.07. The molecule has 0 bridgehead atoms. The average molecular weight is 396 g/mol. The fourth-order valence-corrected chi connectivity index (χ4v) is 4.87. The third-order valence-corrected chi connectivity index (χ3v) is 6.02. The Labute approximate surface area is 154 Å². The van der Waals surface area contributed by atoms with Crippen molar-refractivity contribution in [3.05, 3.63) is 91.7 Å². The van der Waals surface area contributed by atoms with Gasteiger partial charge in [-0.05, 0) is 55.3 Å². The van der Waals surface area contributed by atoms with Gasteiger partial charge in [0.15, 0.2) is 0 Å². The zero-order valence-corrected chi connectivity index (χ0v) is 16.0. The SMILES string of the molecule is Cc1ccc([C@@H](c2cccc(Br)c2)c2c(C)[nH]c3ccccc23)s1. The maximum Gasteiger partial charge on any atom is 0.0459 e. The van der Waals surface area contributed by atoms with Crippen LogP contribution in [0.3, 0.4) is 0 Å². The van der Waals surface area contributed by atoms with E-state index in [-0.39, 0.29) is 5.92 Å². The van der Waals surface area contributed by atoms with Crippen molar-refractivity contribution in [3.63, 3.8) is 0 Å². The first-order chi connectivity index (χ1) is 11.6. The molecule has 3 heteroatoms. The highest BCUT2D eigenvalue weighted by Crippen LogP contribution is 2.41. The maximum atomic E-state index is 3.64. The van der Waals surface area contributed by atoms with Crippen LogP contribution in [0, 0.1) is 13.8 Å². The van der Waals surface area contributed by atoms with E-state index < -0.39 is 0 Å². The number of rotatable bonds is 3. The van der Waals surface area contributed by atoms with Crippen molar-refractivity contribution in [2.45, 2.75) is 19.8 Å². The predicted octanol–water partition coefficient (Wildman–Crippen LogP) is 6.79. The standard InChI is InChI=1S/C21H18BrNS/c1-13-10-11-19(24-13)21(15-6-5-7-16(22)12-15)20-14(2)23-18-9-4-3-8-17(18)20/h3-12,21,23H,1-2H3/t21-/m1/s1. The van der Waals surface area contributed by atoms with E-state index in [2.05, 4.69) is 95.4 Å². The fourth-order valence-electron chi connectivity index (χ4n) is 3.44. The molecule has 0 radical (unpaired) electrons. The summed E-state index contributed by atoms with van der Waals surface area (Å²) in [5.74, 6) is 0.248. The van der Waals surface area contributed by atoms with Crippen molar-refractivity contribution in [1.82, 2.24) is 4.98 Å². The summed E-state index contributed by atoms with van der Waals surface area (Å²) in [5, 5.41) is 1.31. The second-order valence-electron chi connectivity index (χ2n) is 6.15. The number of aryl methyl sites for hydroxylation is 2. The van der Waals surface area contributed by atoms with Gasteiger partial charge in [-0.3, -0.25) is 0 Å². The van der Waals surface area contributed by atoms with Crippen molar-refractivity contribution in [2.24, 2.45) is 0 Å². The molecule has 0 aliphatic rings. The molecule has 0 amide bonds. The lowest BCUT2D eigenvalue weighted by Crippen LogP contribution is -2.02. The third kappa shape index (κ3) is 2.72. The Morgan fingerprint density at radius 2 is 1.79 bits per heavy atom. The molecule has 1 atom stereocenters. The molecule has 4 rings (SSSR count). The van der Waals surface area contributed by atoms with Gasteiger partial charge in [0, 0.05) is 36.7 Å². The highest BCUT2D eigenvalue weighted by atomic mass is 79.9. The van der Waals surface area contributed by atoms with Crippen molar-refractivity contribution in [3.8, 4) is 0 Å². The minimum atomic E-state index is 0.248. The smallest absolute Gasteiger partial charge is 0.0459 e. The van der Waals surface area contributed by atoms with Crippen molar-refractivity contribution >= 4 is 38.2 Å². The van der Waals surface area contributed by atoms with Gasteiger partial charge in [-0.1, -0.05) is 46.3 Å². The largest absolute Gasteiger partial charge is 0.358 e. The van der Waals surface area contributed by atoms with Crippen LogP contribution in [0.25, 0.3) is 10.9 Å². The van der Waals surface area contributed by atoms with E-state index in [1.807, 2.05) is 11.3 Å². The van der Waals surface area contributed by atoms with Crippen LogP contribution in [-0.4, -0.2) is 4.98 Å². The highest BCUT2D eigenvalue weighted by molar-refractivity contribution is 9.10. The number of aromatic nitrogens is 1. The van der Waals surface area contributed by atoms with Crippen LogP contribution in [0.4, 0.5) is 0 Å². The molecule has 0 fully saturated rings. The summed E-state index contributed by atoms with van der Waals surface area (Å²) in [6.07, 6.45) is 0. The number of benzene rings is 2. The van der Waals surface area contributed by atoms with E-state index in [4.69, 9.17) is 0 Å². The van der Waals surface area contributed by atoms with Crippen LogP contribution in [0.1, 0.15) is 32.5 Å². The molecule has 2 aromatic carbocycles. The summed E-state index contributed by atoms with van der Waals surface area (Å²) in [7, 11) is 0. The van der Waals surface area contributed by atoms with Gasteiger partial charge in [0.25, 0.3) is 0 Å². The molecule has 120 valence electrons. The van der Waals surface area contributed by atoms with Crippen LogP contribution in [0.5, 0.6) is 0 Å². The first-order valence-electron chi connectivity index (χ1n) is 8.02. The quantitative estimate of drug-likeness (QED) is 0.392. The van der Waals surface area contributed by atoms with Crippen LogP contribution < -0.4 is 0 Å². The molecule has 0 aliphatic carbocycles. The third-order valence-electron chi connectivity index (χ3n) is 4.46. The zero-order valence-electron chi connectivity index (χ0n) is 13.6. The molecule has 4 aromatic rings. The number of para-hydroxylation sites is 1. The highest BCUT2D eigenvalue weighted by Gasteiger charge is 2.24. The number of nitrogens with one attached hydrogen (secondary N) is 1. The minimum Gasteiger partial charge on any atom is -0.358 e. The van der Waals surface area contributed by atoms with Gasteiger partial charge in [0.2, 0.25) is 0 Å². The second-order valence-corrected chi connectivity index (χ2v) is 8.38. The number of aromatic amines is 1. The van der Waals surface area contributed by atoms with E-state index in [1.165, 1.54) is 37.5 Å². The monoisotopic (exact) mass is 395 g/mol. The summed E-state index contributed by atoms with van der Waals surface area (Å²) in [6.45, 7) is 4.36. The zero-order chi connectivity index (χ0) is 16.7. The predicted molar refractivity (Wildman–Crippen MR) is 107 cm³/mol. The number of halogens is 1. The molecular formula is C21H18BrNS. The molecule has 0 unspecified atom stereocenters. The summed E-state index contributed by atoms with van der Waals surface area (Å²) in [4.78, 5) is 6.30. The summed E-state index contributed by atoms with van der Waals surface area (Å²) >= 11 is 5.52. The van der Waals surface area contributed by atoms with E-state index in [9.17, 15) is 0 Å². The van der Waals surface area contributed by atoms with Gasteiger partial charge in [-0.2, -0.15) is 0 Å². The summed E-state index contributed by atoms with van der Waals surface area (Å²) in [5.41, 5.74) is 5.15. The molecule has 0 spiro atoms. The van der Waals surface area contributed by atoms with Gasteiger partial charge in [-0.15, -0.1) is 11.3 Å². The molecule has 2 aromatic heterocycles. The molecule has 1 N–H and O–H groups in total. The summed E-state index contributed by atoms with van der Waals surface area (Å²) in [6, 6.07) is 21.7. The molecule has 1 nitrogen and oxygen atoms in total. The molecular weight excluding hydrogens is 378 g/mol. The number of fused-ring (bicyclic) bond motifs is 1. The van der Waals surface area contributed by atoms with Gasteiger partial charge in [0.1, 0.15) is 0 Å². The number of hydrogen-bond donors (Lipinski definition) is 1. The van der Waals surface area contributed by atoms with Crippen molar-refractivity contribution < 1.29 is 0 Å². The lowest BCUT2D eigenvalue weighted by Gasteiger charge is -2.18. The number of H-pyrrole nitrogens is 1. The number of thiophene rings is 1. The van der Waals surface area contributed by atoms with E-state index in [1.54, 1.807) is 0 Å². The Bertz CT molecular complexity index is 1010. The lowest BCUT2D eigenvalue weighted by atomic mass is 9.88. The van der Waals surface area contributed by atoms with E-state index in [0.717, 1.165) is 4.47 Å². The summed E-state index contributed by atoms with van der Waals surface area (Å²) < 4.78 is 1.12. The molecule has 0 saturated carbocycles. The lowest BCUT2D eigenvalue weighted by molar-refractivity contribution is 0.993. The van der Waals surface area contributed by atoms with Gasteiger partial charge < -0.3 is 4.98 Å². The molecule has 0 saturated heterocycles. The van der Waals surface area contributed by atoms with Crippen LogP contribution in [-0.2, 0) is 0 Å². The van der Waals surface area contributed by atoms with Crippen LogP contribution >= 0.6 is 27.3 Å². The molecule has 24 heavy (non-hydrogen) atoms. The minimum absolute atomic E-state index is 0.248. The fraction of sp³-hybridized carbons (Fsp3) is 0.143. The van der Waals surface area contributed by atoms with Gasteiger partial charge in [0.05, 0.1) is 0 Å². The van der Waals surface area contributed by atoms with Crippen LogP contribution in [0.15, 0.2) is 65.1 Å².